The third-order valence-corrected chi connectivity index (χ3v) is 5.11. The van der Waals surface area contributed by atoms with Gasteiger partial charge in [0.05, 0.1) is 0 Å². The molecule has 0 radical (unpaired) electrons. The number of nitrogens with zero attached hydrogens (tertiary/aromatic N) is 1. The second kappa shape index (κ2) is 10.9. The van der Waals surface area contributed by atoms with E-state index in [0.29, 0.717) is 37.4 Å². The lowest BCUT2D eigenvalue weighted by atomic mass is 10.1. The first-order chi connectivity index (χ1) is 13.5. The van der Waals surface area contributed by atoms with Gasteiger partial charge in [0, 0.05) is 24.5 Å². The molecule has 5 heteroatoms. The van der Waals surface area contributed by atoms with Crippen molar-refractivity contribution in [1.82, 2.24) is 10.2 Å². The van der Waals surface area contributed by atoms with Gasteiger partial charge >= 0.3 is 0 Å². The largest absolute Gasteiger partial charge is 0.355 e. The van der Waals surface area contributed by atoms with Gasteiger partial charge in [-0.2, -0.15) is 0 Å². The van der Waals surface area contributed by atoms with Crippen LogP contribution >= 0.6 is 11.6 Å². The molecule has 0 heterocycles. The van der Waals surface area contributed by atoms with E-state index in [2.05, 4.69) is 11.4 Å². The molecule has 2 aromatic rings. The summed E-state index contributed by atoms with van der Waals surface area (Å²) in [4.78, 5) is 27.4. The molecule has 1 atom stereocenters. The van der Waals surface area contributed by atoms with Crippen LogP contribution in [0.2, 0.25) is 5.02 Å². The molecule has 28 heavy (non-hydrogen) atoms. The standard InChI is InChI=1S/C23H29ClN2O2/c1-4-21(23(28)25-5-2)26(16-18-10-8-9-17(3)15-18)22(27)14-13-19-11-6-7-12-20(19)24/h6-12,15,21H,4-5,13-14,16H2,1-3H3,(H,25,28)/t21-/m0/s1. The Bertz CT molecular complexity index is 807. The predicted molar refractivity (Wildman–Crippen MR) is 114 cm³/mol. The minimum Gasteiger partial charge on any atom is -0.355 e. The first kappa shape index (κ1) is 22.0. The molecular formula is C23H29ClN2O2. The summed E-state index contributed by atoms with van der Waals surface area (Å²) in [5.41, 5.74) is 3.10. The van der Waals surface area contributed by atoms with E-state index in [9.17, 15) is 9.59 Å². The highest BCUT2D eigenvalue weighted by atomic mass is 35.5. The fourth-order valence-electron chi connectivity index (χ4n) is 3.31. The molecule has 4 nitrogen and oxygen atoms in total. The predicted octanol–water partition coefficient (Wildman–Crippen LogP) is 4.52. The van der Waals surface area contributed by atoms with Crippen LogP contribution < -0.4 is 5.32 Å². The maximum Gasteiger partial charge on any atom is 0.242 e. The second-order valence-electron chi connectivity index (χ2n) is 6.92. The second-order valence-corrected chi connectivity index (χ2v) is 7.33. The van der Waals surface area contributed by atoms with Crippen LogP contribution in [0.3, 0.4) is 0 Å². The lowest BCUT2D eigenvalue weighted by molar-refractivity contribution is -0.141. The molecule has 2 aromatic carbocycles. The molecule has 0 aromatic heterocycles. The van der Waals surface area contributed by atoms with Crippen LogP contribution in [-0.4, -0.2) is 29.3 Å². The summed E-state index contributed by atoms with van der Waals surface area (Å²) in [5.74, 6) is -0.150. The Morgan fingerprint density at radius 3 is 2.50 bits per heavy atom. The monoisotopic (exact) mass is 400 g/mol. The molecule has 2 rings (SSSR count). The zero-order valence-corrected chi connectivity index (χ0v) is 17.6. The Kier molecular flexibility index (Phi) is 8.52. The van der Waals surface area contributed by atoms with E-state index in [-0.39, 0.29) is 11.8 Å². The van der Waals surface area contributed by atoms with Crippen molar-refractivity contribution in [1.29, 1.82) is 0 Å². The van der Waals surface area contributed by atoms with E-state index in [1.54, 1.807) is 4.90 Å². The van der Waals surface area contributed by atoms with E-state index in [1.165, 1.54) is 0 Å². The number of halogens is 1. The third-order valence-electron chi connectivity index (χ3n) is 4.74. The van der Waals surface area contributed by atoms with E-state index in [0.717, 1.165) is 16.7 Å². The van der Waals surface area contributed by atoms with Gasteiger partial charge in [0.15, 0.2) is 0 Å². The van der Waals surface area contributed by atoms with Crippen LogP contribution in [0.5, 0.6) is 0 Å². The highest BCUT2D eigenvalue weighted by Crippen LogP contribution is 2.19. The Morgan fingerprint density at radius 1 is 1.11 bits per heavy atom. The van der Waals surface area contributed by atoms with Crippen molar-refractivity contribution < 1.29 is 9.59 Å². The van der Waals surface area contributed by atoms with Crippen molar-refractivity contribution in [3.05, 3.63) is 70.2 Å². The number of hydrogen-bond donors (Lipinski definition) is 1. The van der Waals surface area contributed by atoms with Crippen LogP contribution in [0.1, 0.15) is 43.4 Å². The molecule has 0 fully saturated rings. The minimum absolute atomic E-state index is 0.0421. The summed E-state index contributed by atoms with van der Waals surface area (Å²) in [6, 6.07) is 15.1. The third kappa shape index (κ3) is 6.10. The molecule has 0 aliphatic carbocycles. The van der Waals surface area contributed by atoms with Crippen LogP contribution in [0, 0.1) is 6.92 Å². The number of carbonyl (C=O) groups excluding carboxylic acids is 2. The molecule has 1 N–H and O–H groups in total. The topological polar surface area (TPSA) is 49.4 Å². The molecule has 150 valence electrons. The molecular weight excluding hydrogens is 372 g/mol. The molecule has 0 spiro atoms. The molecule has 0 saturated heterocycles. The highest BCUT2D eigenvalue weighted by Gasteiger charge is 2.28. The summed E-state index contributed by atoms with van der Waals surface area (Å²) in [6.07, 6.45) is 1.43. The van der Waals surface area contributed by atoms with E-state index in [1.807, 2.05) is 63.2 Å². The normalized spacial score (nSPS) is 11.7. The van der Waals surface area contributed by atoms with Crippen molar-refractivity contribution in [2.75, 3.05) is 6.54 Å². The number of nitrogens with one attached hydrogen (secondary N) is 1. The van der Waals surface area contributed by atoms with Crippen LogP contribution in [0.25, 0.3) is 0 Å². The van der Waals surface area contributed by atoms with Crippen molar-refractivity contribution in [2.45, 2.75) is 52.6 Å². The van der Waals surface area contributed by atoms with Gasteiger partial charge in [-0.25, -0.2) is 0 Å². The quantitative estimate of drug-likeness (QED) is 0.672. The smallest absolute Gasteiger partial charge is 0.242 e. The van der Waals surface area contributed by atoms with Gasteiger partial charge in [-0.1, -0.05) is 66.6 Å². The summed E-state index contributed by atoms with van der Waals surface area (Å²) in [6.45, 7) is 6.80. The summed E-state index contributed by atoms with van der Waals surface area (Å²) in [5, 5.41) is 3.52. The van der Waals surface area contributed by atoms with Gasteiger partial charge < -0.3 is 10.2 Å². The zero-order valence-electron chi connectivity index (χ0n) is 16.9. The molecule has 0 saturated carbocycles. The van der Waals surface area contributed by atoms with Crippen LogP contribution in [0.4, 0.5) is 0 Å². The van der Waals surface area contributed by atoms with E-state index in [4.69, 9.17) is 11.6 Å². The van der Waals surface area contributed by atoms with Crippen molar-refractivity contribution >= 4 is 23.4 Å². The van der Waals surface area contributed by atoms with Crippen LogP contribution in [-0.2, 0) is 22.6 Å². The maximum absolute atomic E-state index is 13.1. The van der Waals surface area contributed by atoms with Gasteiger partial charge in [-0.15, -0.1) is 0 Å². The summed E-state index contributed by atoms with van der Waals surface area (Å²) >= 11 is 6.23. The first-order valence-corrected chi connectivity index (χ1v) is 10.2. The van der Waals surface area contributed by atoms with Gasteiger partial charge in [-0.3, -0.25) is 9.59 Å². The lowest BCUT2D eigenvalue weighted by Crippen LogP contribution is -2.49. The molecule has 0 bridgehead atoms. The number of carbonyl (C=O) groups is 2. The first-order valence-electron chi connectivity index (χ1n) is 9.82. The average molecular weight is 401 g/mol. The van der Waals surface area contributed by atoms with Crippen molar-refractivity contribution in [3.8, 4) is 0 Å². The van der Waals surface area contributed by atoms with Gasteiger partial charge in [-0.05, 0) is 43.9 Å². The number of rotatable bonds is 9. The SMILES string of the molecule is CCNC(=O)[C@H](CC)N(Cc1cccc(C)c1)C(=O)CCc1ccccc1Cl. The summed E-state index contributed by atoms with van der Waals surface area (Å²) < 4.78 is 0. The van der Waals surface area contributed by atoms with E-state index >= 15 is 0 Å². The minimum atomic E-state index is -0.487. The number of likely N-dealkylation sites (N-methyl/N-ethyl adjacent to an activating group) is 1. The maximum atomic E-state index is 13.1. The number of hydrogen-bond acceptors (Lipinski definition) is 2. The fourth-order valence-corrected chi connectivity index (χ4v) is 3.54. The number of aryl methyl sites for hydroxylation is 2. The van der Waals surface area contributed by atoms with Crippen molar-refractivity contribution in [2.24, 2.45) is 0 Å². The van der Waals surface area contributed by atoms with Gasteiger partial charge in [0.25, 0.3) is 0 Å². The Balaban J connectivity index is 2.21. The van der Waals surface area contributed by atoms with Gasteiger partial charge in [0.2, 0.25) is 11.8 Å². The molecule has 2 amide bonds. The fraction of sp³-hybridized carbons (Fsp3) is 0.391. The average Bonchev–Trinajstić information content (AvgIpc) is 2.67. The number of amides is 2. The van der Waals surface area contributed by atoms with Gasteiger partial charge in [0.1, 0.15) is 6.04 Å². The molecule has 0 aliphatic heterocycles. The number of benzene rings is 2. The van der Waals surface area contributed by atoms with Crippen molar-refractivity contribution in [3.63, 3.8) is 0 Å². The summed E-state index contributed by atoms with van der Waals surface area (Å²) in [7, 11) is 0. The van der Waals surface area contributed by atoms with E-state index < -0.39 is 6.04 Å². The zero-order chi connectivity index (χ0) is 20.5. The Labute approximate surface area is 172 Å². The Morgan fingerprint density at radius 2 is 1.86 bits per heavy atom. The Hall–Kier alpha value is -2.33. The lowest BCUT2D eigenvalue weighted by Gasteiger charge is -2.30. The molecule has 0 unspecified atom stereocenters. The van der Waals surface area contributed by atoms with Crippen LogP contribution in [0.15, 0.2) is 48.5 Å². The highest BCUT2D eigenvalue weighted by molar-refractivity contribution is 6.31. The molecule has 0 aliphatic rings.